The number of hydrogen-bond donors (Lipinski definition) is 2. The number of anilines is 3. The molecular weight excluding hydrogens is 328 g/mol. The Bertz CT molecular complexity index is 973. The average Bonchev–Trinajstić information content (AvgIpc) is 3.19. The van der Waals surface area contributed by atoms with Crippen molar-refractivity contribution >= 4 is 17.1 Å². The van der Waals surface area contributed by atoms with Crippen molar-refractivity contribution in [1.82, 2.24) is 0 Å². The maximum Gasteiger partial charge on any atom is 0.0553 e. The molecule has 0 aromatic heterocycles. The molecule has 2 N–H and O–H groups in total. The summed E-state index contributed by atoms with van der Waals surface area (Å²) in [6, 6.07) is 26.4. The summed E-state index contributed by atoms with van der Waals surface area (Å²) in [5.41, 5.74) is 7.63. The first-order valence-corrected chi connectivity index (χ1v) is 9.74. The molecule has 3 aromatic rings. The SMILES string of the molecule is Cc1ccc(C2Nc3ccc(Nc4ccccc4)cc3C3C=CCC32)cc1. The molecule has 2 heteroatoms. The highest BCUT2D eigenvalue weighted by Gasteiger charge is 2.37. The highest BCUT2D eigenvalue weighted by atomic mass is 15.0. The zero-order valence-electron chi connectivity index (χ0n) is 15.5. The number of benzene rings is 3. The third kappa shape index (κ3) is 3.02. The van der Waals surface area contributed by atoms with Crippen molar-refractivity contribution in [1.29, 1.82) is 0 Å². The summed E-state index contributed by atoms with van der Waals surface area (Å²) in [5, 5.41) is 7.36. The normalized spacial score (nSPS) is 22.6. The van der Waals surface area contributed by atoms with E-state index < -0.39 is 0 Å². The zero-order chi connectivity index (χ0) is 18.2. The molecule has 134 valence electrons. The van der Waals surface area contributed by atoms with Gasteiger partial charge in [0, 0.05) is 23.0 Å². The van der Waals surface area contributed by atoms with Crippen LogP contribution in [0.1, 0.15) is 35.1 Å². The van der Waals surface area contributed by atoms with E-state index in [0.29, 0.717) is 17.9 Å². The quantitative estimate of drug-likeness (QED) is 0.521. The number of para-hydroxylation sites is 1. The molecule has 2 nitrogen and oxygen atoms in total. The smallest absolute Gasteiger partial charge is 0.0553 e. The van der Waals surface area contributed by atoms with Gasteiger partial charge in [-0.15, -0.1) is 0 Å². The Labute approximate surface area is 160 Å². The summed E-state index contributed by atoms with van der Waals surface area (Å²) in [5.74, 6) is 1.05. The first-order valence-electron chi connectivity index (χ1n) is 9.74. The Morgan fingerprint density at radius 2 is 1.70 bits per heavy atom. The van der Waals surface area contributed by atoms with Crippen molar-refractivity contribution in [3.05, 3.63) is 102 Å². The number of rotatable bonds is 3. The van der Waals surface area contributed by atoms with Gasteiger partial charge in [-0.1, -0.05) is 60.2 Å². The van der Waals surface area contributed by atoms with Gasteiger partial charge in [-0.2, -0.15) is 0 Å². The second-order valence-electron chi connectivity index (χ2n) is 7.68. The first-order chi connectivity index (χ1) is 13.3. The van der Waals surface area contributed by atoms with E-state index in [1.165, 1.54) is 22.4 Å². The highest BCUT2D eigenvalue weighted by Crippen LogP contribution is 2.50. The molecule has 0 saturated heterocycles. The summed E-state index contributed by atoms with van der Waals surface area (Å²) in [6.45, 7) is 2.15. The van der Waals surface area contributed by atoms with E-state index in [2.05, 4.69) is 96.4 Å². The molecule has 3 atom stereocenters. The van der Waals surface area contributed by atoms with E-state index in [1.54, 1.807) is 0 Å². The van der Waals surface area contributed by atoms with Crippen LogP contribution in [0.5, 0.6) is 0 Å². The predicted molar refractivity (Wildman–Crippen MR) is 114 cm³/mol. The highest BCUT2D eigenvalue weighted by molar-refractivity contribution is 5.68. The topological polar surface area (TPSA) is 24.1 Å². The van der Waals surface area contributed by atoms with Crippen LogP contribution in [0.4, 0.5) is 17.1 Å². The largest absolute Gasteiger partial charge is 0.378 e. The second kappa shape index (κ2) is 6.62. The average molecular weight is 352 g/mol. The van der Waals surface area contributed by atoms with Crippen molar-refractivity contribution < 1.29 is 0 Å². The Hall–Kier alpha value is -3.00. The monoisotopic (exact) mass is 352 g/mol. The van der Waals surface area contributed by atoms with E-state index in [0.717, 1.165) is 17.8 Å². The minimum absolute atomic E-state index is 0.367. The first kappa shape index (κ1) is 16.2. The van der Waals surface area contributed by atoms with Gasteiger partial charge in [0.05, 0.1) is 6.04 Å². The van der Waals surface area contributed by atoms with E-state index in [4.69, 9.17) is 0 Å². The van der Waals surface area contributed by atoms with Crippen molar-refractivity contribution in [3.63, 3.8) is 0 Å². The lowest BCUT2D eigenvalue weighted by Crippen LogP contribution is -2.29. The molecule has 0 fully saturated rings. The standard InChI is InChI=1S/C25H24N2/c1-17-10-12-18(13-11-17)25-22-9-5-8-21(22)23-16-20(14-15-24(23)27-25)26-19-6-3-2-4-7-19/h2-8,10-16,21-22,25-27H,9H2,1H3. The predicted octanol–water partition coefficient (Wildman–Crippen LogP) is 6.57. The molecule has 1 aliphatic carbocycles. The molecule has 2 aliphatic rings. The lowest BCUT2D eigenvalue weighted by atomic mass is 9.77. The van der Waals surface area contributed by atoms with Crippen LogP contribution in [0, 0.1) is 12.8 Å². The number of fused-ring (bicyclic) bond motifs is 3. The molecule has 0 spiro atoms. The van der Waals surface area contributed by atoms with Gasteiger partial charge in [0.25, 0.3) is 0 Å². The Kier molecular flexibility index (Phi) is 3.97. The Balaban J connectivity index is 1.48. The maximum atomic E-state index is 3.83. The van der Waals surface area contributed by atoms with Gasteiger partial charge in [-0.3, -0.25) is 0 Å². The van der Waals surface area contributed by atoms with Crippen molar-refractivity contribution in [2.75, 3.05) is 10.6 Å². The van der Waals surface area contributed by atoms with Gasteiger partial charge in [0.2, 0.25) is 0 Å². The van der Waals surface area contributed by atoms with Crippen LogP contribution in [0.15, 0.2) is 84.9 Å². The summed E-state index contributed by atoms with van der Waals surface area (Å²) >= 11 is 0. The van der Waals surface area contributed by atoms with Gasteiger partial charge < -0.3 is 10.6 Å². The van der Waals surface area contributed by atoms with E-state index in [9.17, 15) is 0 Å². The van der Waals surface area contributed by atoms with E-state index in [-0.39, 0.29) is 0 Å². The Morgan fingerprint density at radius 1 is 0.889 bits per heavy atom. The number of nitrogens with one attached hydrogen (secondary N) is 2. The van der Waals surface area contributed by atoms with Crippen LogP contribution in [0.25, 0.3) is 0 Å². The molecule has 3 unspecified atom stereocenters. The number of hydrogen-bond acceptors (Lipinski definition) is 2. The summed E-state index contributed by atoms with van der Waals surface area (Å²) in [4.78, 5) is 0. The molecule has 0 radical (unpaired) electrons. The third-order valence-electron chi connectivity index (χ3n) is 5.86. The summed E-state index contributed by atoms with van der Waals surface area (Å²) < 4.78 is 0. The van der Waals surface area contributed by atoms with Crippen molar-refractivity contribution in [2.24, 2.45) is 5.92 Å². The fourth-order valence-electron chi connectivity index (χ4n) is 4.46. The molecular formula is C25H24N2. The fraction of sp³-hybridized carbons (Fsp3) is 0.200. The van der Waals surface area contributed by atoms with Crippen LogP contribution in [0.2, 0.25) is 0 Å². The molecule has 27 heavy (non-hydrogen) atoms. The molecule has 0 saturated carbocycles. The zero-order valence-corrected chi connectivity index (χ0v) is 15.5. The van der Waals surface area contributed by atoms with Gasteiger partial charge >= 0.3 is 0 Å². The molecule has 1 heterocycles. The van der Waals surface area contributed by atoms with E-state index >= 15 is 0 Å². The molecule has 5 rings (SSSR count). The molecule has 0 amide bonds. The number of allylic oxidation sites excluding steroid dienone is 2. The van der Waals surface area contributed by atoms with Crippen LogP contribution in [-0.2, 0) is 0 Å². The van der Waals surface area contributed by atoms with Crippen LogP contribution >= 0.6 is 0 Å². The molecule has 0 bridgehead atoms. The van der Waals surface area contributed by atoms with Crippen LogP contribution in [0.3, 0.4) is 0 Å². The lowest BCUT2D eigenvalue weighted by molar-refractivity contribution is 0.425. The molecule has 1 aliphatic heterocycles. The van der Waals surface area contributed by atoms with Gasteiger partial charge in [0.1, 0.15) is 0 Å². The summed E-state index contributed by atoms with van der Waals surface area (Å²) in [6.07, 6.45) is 5.88. The van der Waals surface area contributed by atoms with Crippen molar-refractivity contribution in [2.45, 2.75) is 25.3 Å². The van der Waals surface area contributed by atoms with Crippen LogP contribution in [-0.4, -0.2) is 0 Å². The van der Waals surface area contributed by atoms with Gasteiger partial charge in [-0.25, -0.2) is 0 Å². The van der Waals surface area contributed by atoms with E-state index in [1.807, 2.05) is 6.07 Å². The van der Waals surface area contributed by atoms with Crippen molar-refractivity contribution in [3.8, 4) is 0 Å². The van der Waals surface area contributed by atoms with Gasteiger partial charge in [0.15, 0.2) is 0 Å². The minimum atomic E-state index is 0.367. The molecule has 3 aromatic carbocycles. The second-order valence-corrected chi connectivity index (χ2v) is 7.68. The van der Waals surface area contributed by atoms with Gasteiger partial charge in [-0.05, 0) is 60.7 Å². The van der Waals surface area contributed by atoms with Crippen LogP contribution < -0.4 is 10.6 Å². The third-order valence-corrected chi connectivity index (χ3v) is 5.86. The number of aryl methyl sites for hydroxylation is 1. The lowest BCUT2D eigenvalue weighted by Gasteiger charge is -2.37. The fourth-order valence-corrected chi connectivity index (χ4v) is 4.46. The summed E-state index contributed by atoms with van der Waals surface area (Å²) in [7, 11) is 0. The Morgan fingerprint density at radius 3 is 2.52 bits per heavy atom. The maximum absolute atomic E-state index is 3.83. The minimum Gasteiger partial charge on any atom is -0.378 e.